The van der Waals surface area contributed by atoms with Gasteiger partial charge in [0.25, 0.3) is 5.91 Å². The van der Waals surface area contributed by atoms with Gasteiger partial charge in [-0.2, -0.15) is 0 Å². The van der Waals surface area contributed by atoms with Crippen LogP contribution in [0.25, 0.3) is 0 Å². The molecule has 7 heteroatoms. The van der Waals surface area contributed by atoms with Crippen molar-refractivity contribution < 1.29 is 18.7 Å². The number of nitrogens with zero attached hydrogens (tertiary/aromatic N) is 1. The van der Waals surface area contributed by atoms with Crippen LogP contribution in [0.2, 0.25) is 0 Å². The standard InChI is InChI=1S/C21H25FN2O3S/c1-4-24(5-2)21(26)16-7-6-8-17(12-16)23-20(25)14-28-13-15-9-10-19(27-3)18(22)11-15/h6-12H,4-5,13-14H2,1-3H3,(H,23,25). The third-order valence-corrected chi connectivity index (χ3v) is 5.17. The molecule has 0 unspecified atom stereocenters. The molecule has 0 radical (unpaired) electrons. The molecule has 150 valence electrons. The first kappa shape index (κ1) is 21.8. The number of hydrogen-bond donors (Lipinski definition) is 1. The average molecular weight is 405 g/mol. The maximum Gasteiger partial charge on any atom is 0.253 e. The number of methoxy groups -OCH3 is 1. The second-order valence-electron chi connectivity index (χ2n) is 6.07. The van der Waals surface area contributed by atoms with E-state index in [9.17, 15) is 14.0 Å². The fourth-order valence-electron chi connectivity index (χ4n) is 2.68. The van der Waals surface area contributed by atoms with E-state index in [1.165, 1.54) is 24.9 Å². The van der Waals surface area contributed by atoms with Crippen molar-refractivity contribution in [2.24, 2.45) is 0 Å². The van der Waals surface area contributed by atoms with Gasteiger partial charge in [-0.15, -0.1) is 11.8 Å². The summed E-state index contributed by atoms with van der Waals surface area (Å²) >= 11 is 1.38. The third-order valence-electron chi connectivity index (χ3n) is 4.16. The summed E-state index contributed by atoms with van der Waals surface area (Å²) in [5, 5.41) is 2.80. The van der Waals surface area contributed by atoms with Crippen molar-refractivity contribution in [2.75, 3.05) is 31.3 Å². The van der Waals surface area contributed by atoms with Gasteiger partial charge in [-0.1, -0.05) is 12.1 Å². The first-order valence-corrected chi connectivity index (χ1v) is 10.2. The minimum atomic E-state index is -0.417. The van der Waals surface area contributed by atoms with Crippen molar-refractivity contribution in [2.45, 2.75) is 19.6 Å². The van der Waals surface area contributed by atoms with Crippen molar-refractivity contribution in [1.29, 1.82) is 0 Å². The zero-order valence-corrected chi connectivity index (χ0v) is 17.1. The Kier molecular flexibility index (Phi) is 8.32. The number of hydrogen-bond acceptors (Lipinski definition) is 4. The SMILES string of the molecule is CCN(CC)C(=O)c1cccc(NC(=O)CSCc2ccc(OC)c(F)c2)c1. The van der Waals surface area contributed by atoms with E-state index in [1.807, 2.05) is 13.8 Å². The minimum Gasteiger partial charge on any atom is -0.494 e. The lowest BCUT2D eigenvalue weighted by molar-refractivity contribution is -0.113. The Morgan fingerprint density at radius 2 is 1.89 bits per heavy atom. The number of rotatable bonds is 9. The summed E-state index contributed by atoms with van der Waals surface area (Å²) in [6.07, 6.45) is 0. The van der Waals surface area contributed by atoms with E-state index in [0.29, 0.717) is 30.1 Å². The molecular weight excluding hydrogens is 379 g/mol. The van der Waals surface area contributed by atoms with Crippen LogP contribution < -0.4 is 10.1 Å². The zero-order valence-electron chi connectivity index (χ0n) is 16.3. The Bertz CT molecular complexity index is 825. The van der Waals surface area contributed by atoms with Crippen LogP contribution in [0.15, 0.2) is 42.5 Å². The van der Waals surface area contributed by atoms with Crippen LogP contribution >= 0.6 is 11.8 Å². The van der Waals surface area contributed by atoms with E-state index in [2.05, 4.69) is 5.32 Å². The van der Waals surface area contributed by atoms with Crippen LogP contribution in [-0.2, 0) is 10.5 Å². The van der Waals surface area contributed by atoms with Crippen molar-refractivity contribution in [3.05, 3.63) is 59.4 Å². The summed E-state index contributed by atoms with van der Waals surface area (Å²) in [5.41, 5.74) is 1.91. The van der Waals surface area contributed by atoms with Crippen molar-refractivity contribution in [3.8, 4) is 5.75 Å². The summed E-state index contributed by atoms with van der Waals surface area (Å²) in [6, 6.07) is 11.7. The fraction of sp³-hybridized carbons (Fsp3) is 0.333. The highest BCUT2D eigenvalue weighted by Gasteiger charge is 2.13. The van der Waals surface area contributed by atoms with Crippen LogP contribution in [0.5, 0.6) is 5.75 Å². The third kappa shape index (κ3) is 5.99. The quantitative estimate of drug-likeness (QED) is 0.681. The minimum absolute atomic E-state index is 0.0583. The van der Waals surface area contributed by atoms with Gasteiger partial charge < -0.3 is 15.0 Å². The number of anilines is 1. The fourth-order valence-corrected chi connectivity index (χ4v) is 3.46. The van der Waals surface area contributed by atoms with Gasteiger partial charge in [0, 0.05) is 30.1 Å². The summed E-state index contributed by atoms with van der Waals surface area (Å²) in [7, 11) is 1.42. The smallest absolute Gasteiger partial charge is 0.253 e. The van der Waals surface area contributed by atoms with Crippen LogP contribution in [0.3, 0.4) is 0 Å². The van der Waals surface area contributed by atoms with Gasteiger partial charge in [0.2, 0.25) is 5.91 Å². The molecule has 0 aromatic heterocycles. The van der Waals surface area contributed by atoms with E-state index >= 15 is 0 Å². The predicted octanol–water partition coefficient (Wildman–Crippen LogP) is 4.19. The number of carbonyl (C=O) groups excluding carboxylic acids is 2. The summed E-state index contributed by atoms with van der Waals surface area (Å²) in [5.74, 6) is 0.283. The summed E-state index contributed by atoms with van der Waals surface area (Å²) in [6.45, 7) is 5.13. The lowest BCUT2D eigenvalue weighted by Gasteiger charge is -2.19. The second kappa shape index (κ2) is 10.7. The van der Waals surface area contributed by atoms with E-state index in [1.54, 1.807) is 41.3 Å². The van der Waals surface area contributed by atoms with Gasteiger partial charge in [-0.3, -0.25) is 9.59 Å². The Hall–Kier alpha value is -2.54. The molecule has 0 saturated carbocycles. The maximum absolute atomic E-state index is 13.7. The largest absolute Gasteiger partial charge is 0.494 e. The molecular formula is C21H25FN2O3S. The monoisotopic (exact) mass is 404 g/mol. The van der Waals surface area contributed by atoms with Crippen molar-refractivity contribution >= 4 is 29.3 Å². The number of carbonyl (C=O) groups is 2. The molecule has 0 saturated heterocycles. The number of nitrogens with one attached hydrogen (secondary N) is 1. The highest BCUT2D eigenvalue weighted by Crippen LogP contribution is 2.21. The highest BCUT2D eigenvalue weighted by atomic mass is 32.2. The molecule has 0 fully saturated rings. The normalized spacial score (nSPS) is 10.4. The van der Waals surface area contributed by atoms with Crippen LogP contribution in [0.4, 0.5) is 10.1 Å². The highest BCUT2D eigenvalue weighted by molar-refractivity contribution is 7.99. The first-order valence-electron chi connectivity index (χ1n) is 9.07. The average Bonchev–Trinajstić information content (AvgIpc) is 2.69. The number of benzene rings is 2. The number of halogens is 1. The van der Waals surface area contributed by atoms with Gasteiger partial charge in [-0.05, 0) is 49.7 Å². The first-order chi connectivity index (χ1) is 13.5. The van der Waals surface area contributed by atoms with Gasteiger partial charge >= 0.3 is 0 Å². The van der Waals surface area contributed by atoms with Gasteiger partial charge in [0.05, 0.1) is 12.9 Å². The molecule has 0 aliphatic carbocycles. The zero-order chi connectivity index (χ0) is 20.5. The number of amides is 2. The predicted molar refractivity (Wildman–Crippen MR) is 111 cm³/mol. The molecule has 2 aromatic carbocycles. The molecule has 0 aliphatic rings. The Balaban J connectivity index is 1.88. The number of ether oxygens (including phenoxy) is 1. The van der Waals surface area contributed by atoms with E-state index in [-0.39, 0.29) is 23.3 Å². The molecule has 5 nitrogen and oxygen atoms in total. The molecule has 28 heavy (non-hydrogen) atoms. The van der Waals surface area contributed by atoms with E-state index in [0.717, 1.165) is 5.56 Å². The van der Waals surface area contributed by atoms with Crippen LogP contribution in [0.1, 0.15) is 29.8 Å². The molecule has 0 spiro atoms. The van der Waals surface area contributed by atoms with E-state index in [4.69, 9.17) is 4.74 Å². The number of thioether (sulfide) groups is 1. The molecule has 2 amide bonds. The molecule has 1 N–H and O–H groups in total. The van der Waals surface area contributed by atoms with E-state index < -0.39 is 5.82 Å². The van der Waals surface area contributed by atoms with Crippen molar-refractivity contribution in [3.63, 3.8) is 0 Å². The lowest BCUT2D eigenvalue weighted by atomic mass is 10.1. The lowest BCUT2D eigenvalue weighted by Crippen LogP contribution is -2.30. The Morgan fingerprint density at radius 3 is 2.54 bits per heavy atom. The molecule has 2 aromatic rings. The topological polar surface area (TPSA) is 58.6 Å². The van der Waals surface area contributed by atoms with Gasteiger partial charge in [0.15, 0.2) is 11.6 Å². The second-order valence-corrected chi connectivity index (χ2v) is 7.05. The Labute approximate surface area is 169 Å². The van der Waals surface area contributed by atoms with Crippen LogP contribution in [-0.4, -0.2) is 42.7 Å². The van der Waals surface area contributed by atoms with Gasteiger partial charge in [-0.25, -0.2) is 4.39 Å². The van der Waals surface area contributed by atoms with Gasteiger partial charge in [0.1, 0.15) is 0 Å². The molecule has 2 rings (SSSR count). The summed E-state index contributed by atoms with van der Waals surface area (Å²) in [4.78, 5) is 26.3. The Morgan fingerprint density at radius 1 is 1.14 bits per heavy atom. The van der Waals surface area contributed by atoms with Crippen molar-refractivity contribution in [1.82, 2.24) is 4.90 Å². The van der Waals surface area contributed by atoms with Crippen LogP contribution in [0, 0.1) is 5.82 Å². The maximum atomic E-state index is 13.7. The molecule has 0 aliphatic heterocycles. The molecule has 0 bridgehead atoms. The molecule has 0 atom stereocenters. The molecule has 0 heterocycles. The summed E-state index contributed by atoms with van der Waals surface area (Å²) < 4.78 is 18.6.